The third-order valence-corrected chi connectivity index (χ3v) is 3.11. The molecule has 1 unspecified atom stereocenters. The van der Waals surface area contributed by atoms with E-state index >= 15 is 0 Å². The van der Waals surface area contributed by atoms with Crippen molar-refractivity contribution in [1.29, 1.82) is 0 Å². The van der Waals surface area contributed by atoms with Gasteiger partial charge >= 0.3 is 6.09 Å². The van der Waals surface area contributed by atoms with Crippen LogP contribution >= 0.6 is 22.6 Å². The molecule has 0 aliphatic carbocycles. The van der Waals surface area contributed by atoms with E-state index in [1.807, 2.05) is 22.6 Å². The number of hydrogen-bond acceptors (Lipinski definition) is 2. The van der Waals surface area contributed by atoms with Crippen LogP contribution < -0.4 is 5.32 Å². The molecule has 1 rings (SSSR count). The Kier molecular flexibility index (Phi) is 4.95. The maximum atomic E-state index is 13.7. The van der Waals surface area contributed by atoms with Gasteiger partial charge in [-0.15, -0.1) is 0 Å². The monoisotopic (exact) mass is 365 g/mol. The number of carbonyl (C=O) groups excluding carboxylic acids is 1. The van der Waals surface area contributed by atoms with Crippen LogP contribution in [0.4, 0.5) is 9.18 Å². The van der Waals surface area contributed by atoms with Crippen LogP contribution in [0.25, 0.3) is 0 Å². The summed E-state index contributed by atoms with van der Waals surface area (Å²) < 4.78 is 19.6. The number of ether oxygens (including phenoxy) is 1. The first-order valence-electron chi connectivity index (χ1n) is 5.64. The lowest BCUT2D eigenvalue weighted by atomic mass is 10.1. The molecule has 1 aromatic carbocycles. The van der Waals surface area contributed by atoms with E-state index in [0.717, 1.165) is 3.57 Å². The molecule has 5 heteroatoms. The Morgan fingerprint density at radius 1 is 1.44 bits per heavy atom. The maximum Gasteiger partial charge on any atom is 0.408 e. The van der Waals surface area contributed by atoms with E-state index < -0.39 is 17.7 Å². The average molecular weight is 365 g/mol. The Bertz CT molecular complexity index is 423. The van der Waals surface area contributed by atoms with Crippen LogP contribution in [0.2, 0.25) is 0 Å². The van der Waals surface area contributed by atoms with Crippen molar-refractivity contribution >= 4 is 28.7 Å². The topological polar surface area (TPSA) is 38.3 Å². The van der Waals surface area contributed by atoms with E-state index in [2.05, 4.69) is 5.32 Å². The summed E-state index contributed by atoms with van der Waals surface area (Å²) in [6.07, 6.45) is -0.547. The largest absolute Gasteiger partial charge is 0.444 e. The Morgan fingerprint density at radius 3 is 2.56 bits per heavy atom. The summed E-state index contributed by atoms with van der Waals surface area (Å²) in [6, 6.07) is 4.38. The van der Waals surface area contributed by atoms with E-state index in [1.165, 1.54) is 6.07 Å². The molecule has 1 atom stereocenters. The van der Waals surface area contributed by atoms with Gasteiger partial charge in [0.25, 0.3) is 0 Å². The van der Waals surface area contributed by atoms with Crippen LogP contribution in [0.15, 0.2) is 18.2 Å². The zero-order valence-corrected chi connectivity index (χ0v) is 13.0. The third-order valence-electron chi connectivity index (χ3n) is 2.17. The third kappa shape index (κ3) is 4.44. The number of rotatable bonds is 2. The molecule has 0 fully saturated rings. The minimum absolute atomic E-state index is 0.328. The van der Waals surface area contributed by atoms with E-state index in [9.17, 15) is 9.18 Å². The van der Waals surface area contributed by atoms with Crippen LogP contribution in [0.3, 0.4) is 0 Å². The molecule has 0 radical (unpaired) electrons. The number of halogens is 2. The first kappa shape index (κ1) is 15.2. The molecule has 0 saturated heterocycles. The summed E-state index contributed by atoms with van der Waals surface area (Å²) in [4.78, 5) is 11.6. The quantitative estimate of drug-likeness (QED) is 0.805. The lowest BCUT2D eigenvalue weighted by molar-refractivity contribution is 0.0507. The van der Waals surface area contributed by atoms with E-state index in [4.69, 9.17) is 4.74 Å². The molecule has 0 aliphatic rings. The van der Waals surface area contributed by atoms with Gasteiger partial charge in [-0.05, 0) is 62.4 Å². The second-order valence-corrected chi connectivity index (χ2v) is 6.17. The van der Waals surface area contributed by atoms with Gasteiger partial charge < -0.3 is 10.1 Å². The summed E-state index contributed by atoms with van der Waals surface area (Å²) in [5.41, 5.74) is -0.0874. The summed E-state index contributed by atoms with van der Waals surface area (Å²) in [5.74, 6) is -0.328. The lowest BCUT2D eigenvalue weighted by Gasteiger charge is -2.22. The molecule has 0 aliphatic heterocycles. The molecule has 0 spiro atoms. The first-order valence-corrected chi connectivity index (χ1v) is 6.72. The molecule has 0 bridgehead atoms. The fourth-order valence-corrected chi connectivity index (χ4v) is 2.41. The van der Waals surface area contributed by atoms with E-state index in [-0.39, 0.29) is 5.82 Å². The predicted octanol–water partition coefficient (Wildman–Crippen LogP) is 4.02. The predicted molar refractivity (Wildman–Crippen MR) is 76.9 cm³/mol. The van der Waals surface area contributed by atoms with Gasteiger partial charge in [-0.1, -0.05) is 6.07 Å². The number of hydrogen-bond donors (Lipinski definition) is 1. The molecule has 1 amide bonds. The van der Waals surface area contributed by atoms with Crippen LogP contribution in [0.1, 0.15) is 39.3 Å². The zero-order chi connectivity index (χ0) is 13.9. The maximum absolute atomic E-state index is 13.7. The molecule has 18 heavy (non-hydrogen) atoms. The summed E-state index contributed by atoms with van der Waals surface area (Å²) >= 11 is 2.04. The van der Waals surface area contributed by atoms with Crippen LogP contribution in [-0.4, -0.2) is 11.7 Å². The van der Waals surface area contributed by atoms with Crippen molar-refractivity contribution in [2.24, 2.45) is 0 Å². The van der Waals surface area contributed by atoms with Crippen molar-refractivity contribution in [1.82, 2.24) is 5.32 Å². The molecule has 1 N–H and O–H groups in total. The van der Waals surface area contributed by atoms with E-state index in [1.54, 1.807) is 39.8 Å². The Balaban J connectivity index is 2.77. The van der Waals surface area contributed by atoms with Crippen molar-refractivity contribution in [3.05, 3.63) is 33.1 Å². The fourth-order valence-electron chi connectivity index (χ4n) is 1.48. The van der Waals surface area contributed by atoms with Crippen molar-refractivity contribution in [2.45, 2.75) is 39.3 Å². The Hall–Kier alpha value is -0.850. The molecule has 1 aromatic rings. The second kappa shape index (κ2) is 5.86. The highest BCUT2D eigenvalue weighted by Gasteiger charge is 2.20. The first-order chi connectivity index (χ1) is 8.20. The summed E-state index contributed by atoms with van der Waals surface area (Å²) in [5, 5.41) is 2.63. The minimum atomic E-state index is -0.563. The molecular formula is C13H17FINO2. The fraction of sp³-hybridized carbons (Fsp3) is 0.462. The van der Waals surface area contributed by atoms with Crippen LogP contribution in [0, 0.1) is 9.39 Å². The normalized spacial score (nSPS) is 13.0. The van der Waals surface area contributed by atoms with Crippen molar-refractivity contribution in [3.8, 4) is 0 Å². The SMILES string of the molecule is CC(NC(=O)OC(C)(C)C)c1c(F)cccc1I. The summed E-state index contributed by atoms with van der Waals surface area (Å²) in [6.45, 7) is 7.07. The smallest absolute Gasteiger partial charge is 0.408 e. The highest BCUT2D eigenvalue weighted by Crippen LogP contribution is 2.23. The van der Waals surface area contributed by atoms with Gasteiger partial charge in [-0.2, -0.15) is 0 Å². The number of nitrogens with one attached hydrogen (secondary N) is 1. The Labute approximate surface area is 120 Å². The summed E-state index contributed by atoms with van der Waals surface area (Å²) in [7, 11) is 0. The van der Waals surface area contributed by atoms with Gasteiger partial charge in [0, 0.05) is 9.13 Å². The number of benzene rings is 1. The molecule has 100 valence electrons. The number of alkyl carbamates (subject to hydrolysis) is 1. The molecular weight excluding hydrogens is 348 g/mol. The molecule has 3 nitrogen and oxygen atoms in total. The second-order valence-electron chi connectivity index (χ2n) is 5.00. The van der Waals surface area contributed by atoms with Crippen molar-refractivity contribution in [3.63, 3.8) is 0 Å². The Morgan fingerprint density at radius 2 is 2.06 bits per heavy atom. The lowest BCUT2D eigenvalue weighted by Crippen LogP contribution is -2.34. The van der Waals surface area contributed by atoms with Gasteiger partial charge in [-0.3, -0.25) is 0 Å². The van der Waals surface area contributed by atoms with Crippen LogP contribution in [-0.2, 0) is 4.74 Å². The highest BCUT2D eigenvalue weighted by atomic mass is 127. The van der Waals surface area contributed by atoms with Gasteiger partial charge in [0.1, 0.15) is 11.4 Å². The van der Waals surface area contributed by atoms with Gasteiger partial charge in [-0.25, -0.2) is 9.18 Å². The minimum Gasteiger partial charge on any atom is -0.444 e. The zero-order valence-electron chi connectivity index (χ0n) is 10.9. The van der Waals surface area contributed by atoms with Crippen molar-refractivity contribution in [2.75, 3.05) is 0 Å². The van der Waals surface area contributed by atoms with Gasteiger partial charge in [0.05, 0.1) is 6.04 Å². The van der Waals surface area contributed by atoms with Crippen molar-refractivity contribution < 1.29 is 13.9 Å². The highest BCUT2D eigenvalue weighted by molar-refractivity contribution is 14.1. The molecule has 0 saturated carbocycles. The van der Waals surface area contributed by atoms with Crippen LogP contribution in [0.5, 0.6) is 0 Å². The van der Waals surface area contributed by atoms with E-state index in [0.29, 0.717) is 5.56 Å². The van der Waals surface area contributed by atoms with Gasteiger partial charge in [0.2, 0.25) is 0 Å². The standard InChI is InChI=1S/C13H17FINO2/c1-8(16-12(17)18-13(2,3)4)11-9(14)6-5-7-10(11)15/h5-8H,1-4H3,(H,16,17). The molecule has 0 heterocycles. The van der Waals surface area contributed by atoms with Gasteiger partial charge in [0.15, 0.2) is 0 Å². The molecule has 0 aromatic heterocycles. The average Bonchev–Trinajstić information content (AvgIpc) is 2.13. The number of carbonyl (C=O) groups is 1. The number of amides is 1.